The van der Waals surface area contributed by atoms with Crippen LogP contribution in [0.25, 0.3) is 16.6 Å². The van der Waals surface area contributed by atoms with E-state index in [-0.39, 0.29) is 11.5 Å². The number of rotatable bonds is 6. The molecule has 3 aromatic carbocycles. The van der Waals surface area contributed by atoms with Gasteiger partial charge in [0.15, 0.2) is 10.2 Å². The van der Waals surface area contributed by atoms with Gasteiger partial charge < -0.3 is 4.42 Å². The summed E-state index contributed by atoms with van der Waals surface area (Å²) < 4.78 is 8.21. The molecule has 5 aromatic rings. The average Bonchev–Trinajstić information content (AvgIpc) is 3.32. The molecule has 35 heavy (non-hydrogen) atoms. The fraction of sp³-hybridized carbons (Fsp3) is 0. The van der Waals surface area contributed by atoms with E-state index in [1.807, 2.05) is 54.6 Å². The highest BCUT2D eigenvalue weighted by atomic mass is 79.9. The van der Waals surface area contributed by atoms with Crippen molar-refractivity contribution < 1.29 is 9.21 Å². The molecule has 0 saturated carbocycles. The topological polar surface area (TPSA) is 89.5 Å². The van der Waals surface area contributed by atoms with Crippen LogP contribution in [-0.4, -0.2) is 21.7 Å². The molecule has 2 heterocycles. The second-order valence-corrected chi connectivity index (χ2v) is 9.24. The number of fused-ring (bicyclic) bond motifs is 1. The third-order valence-corrected chi connectivity index (χ3v) is 6.37. The first-order chi connectivity index (χ1) is 17.1. The fourth-order valence-electron chi connectivity index (χ4n) is 3.38. The van der Waals surface area contributed by atoms with E-state index in [1.165, 1.54) is 18.0 Å². The molecule has 172 valence electrons. The Labute approximate surface area is 212 Å². The lowest BCUT2D eigenvalue weighted by atomic mass is 10.2. The summed E-state index contributed by atoms with van der Waals surface area (Å²) in [6.45, 7) is 0. The lowest BCUT2D eigenvalue weighted by molar-refractivity contribution is 0.0955. The van der Waals surface area contributed by atoms with Crippen molar-refractivity contribution in [3.8, 4) is 5.69 Å². The highest BCUT2D eigenvalue weighted by Crippen LogP contribution is 2.29. The van der Waals surface area contributed by atoms with Crippen LogP contribution >= 0.6 is 27.7 Å². The van der Waals surface area contributed by atoms with Crippen LogP contribution in [0.3, 0.4) is 0 Å². The highest BCUT2D eigenvalue weighted by molar-refractivity contribution is 9.10. The number of amides is 1. The number of aromatic nitrogens is 2. The van der Waals surface area contributed by atoms with Crippen molar-refractivity contribution in [2.45, 2.75) is 10.2 Å². The minimum Gasteiger partial charge on any atom is -0.448 e. The van der Waals surface area contributed by atoms with Gasteiger partial charge in [-0.05, 0) is 66.4 Å². The zero-order valence-electron chi connectivity index (χ0n) is 18.1. The summed E-state index contributed by atoms with van der Waals surface area (Å²) in [4.78, 5) is 30.2. The van der Waals surface area contributed by atoms with Crippen molar-refractivity contribution in [2.75, 3.05) is 0 Å². The van der Waals surface area contributed by atoms with Crippen molar-refractivity contribution in [3.63, 3.8) is 0 Å². The predicted molar refractivity (Wildman–Crippen MR) is 139 cm³/mol. The zero-order chi connectivity index (χ0) is 24.2. The van der Waals surface area contributed by atoms with Gasteiger partial charge in [-0.1, -0.05) is 52.3 Å². The molecule has 9 heteroatoms. The van der Waals surface area contributed by atoms with Gasteiger partial charge in [-0.25, -0.2) is 10.4 Å². The molecule has 0 aliphatic heterocycles. The molecule has 0 unspecified atom stereocenters. The van der Waals surface area contributed by atoms with Gasteiger partial charge in [0.2, 0.25) is 0 Å². The number of furan rings is 1. The van der Waals surface area contributed by atoms with E-state index in [0.29, 0.717) is 38.2 Å². The molecule has 0 spiro atoms. The number of para-hydroxylation sites is 2. The SMILES string of the molecule is O=C(N/N=C\c1ccc(Sc2nc3ccccc3c(=O)n2-c2ccccc2)o1)c1cccc(Br)c1. The third kappa shape index (κ3) is 5.11. The molecule has 5 rings (SSSR count). The maximum absolute atomic E-state index is 13.3. The average molecular weight is 545 g/mol. The lowest BCUT2D eigenvalue weighted by Crippen LogP contribution is -2.21. The monoisotopic (exact) mass is 544 g/mol. The minimum absolute atomic E-state index is 0.159. The van der Waals surface area contributed by atoms with Gasteiger partial charge in [0.05, 0.1) is 22.8 Å². The van der Waals surface area contributed by atoms with Crippen molar-refractivity contribution in [1.82, 2.24) is 15.0 Å². The number of benzene rings is 3. The molecule has 7 nitrogen and oxygen atoms in total. The Morgan fingerprint density at radius 2 is 1.80 bits per heavy atom. The predicted octanol–water partition coefficient (Wildman–Crippen LogP) is 5.66. The molecule has 0 aliphatic rings. The van der Waals surface area contributed by atoms with Crippen molar-refractivity contribution in [3.05, 3.63) is 117 Å². The van der Waals surface area contributed by atoms with Crippen LogP contribution in [-0.2, 0) is 0 Å². The molecule has 1 N–H and O–H groups in total. The Morgan fingerprint density at radius 3 is 2.63 bits per heavy atom. The van der Waals surface area contributed by atoms with E-state index < -0.39 is 0 Å². The number of hydrazone groups is 1. The summed E-state index contributed by atoms with van der Waals surface area (Å²) in [6.07, 6.45) is 1.41. The molecule has 2 aromatic heterocycles. The first kappa shape index (κ1) is 22.8. The van der Waals surface area contributed by atoms with Crippen LogP contribution in [0.15, 0.2) is 120 Å². The highest BCUT2D eigenvalue weighted by Gasteiger charge is 2.15. The number of nitrogens with one attached hydrogen (secondary N) is 1. The quantitative estimate of drug-likeness (QED) is 0.169. The molecule has 1 amide bonds. The van der Waals surface area contributed by atoms with E-state index >= 15 is 0 Å². The summed E-state index contributed by atoms with van der Waals surface area (Å²) in [5, 5.41) is 5.51. The van der Waals surface area contributed by atoms with Gasteiger partial charge in [-0.2, -0.15) is 5.10 Å². The molecular weight excluding hydrogens is 528 g/mol. The molecule has 0 fully saturated rings. The smallest absolute Gasteiger partial charge is 0.271 e. The molecule has 0 bridgehead atoms. The molecular formula is C26H17BrN4O3S. The molecule has 0 atom stereocenters. The van der Waals surface area contributed by atoms with Gasteiger partial charge in [0.1, 0.15) is 5.76 Å². The van der Waals surface area contributed by atoms with Gasteiger partial charge >= 0.3 is 0 Å². The fourth-order valence-corrected chi connectivity index (χ4v) is 4.66. The number of halogens is 1. The number of hydrogen-bond donors (Lipinski definition) is 1. The summed E-state index contributed by atoms with van der Waals surface area (Å²) in [7, 11) is 0. The molecule has 0 aliphatic carbocycles. The maximum atomic E-state index is 13.3. The number of carbonyl (C=O) groups is 1. The van der Waals surface area contributed by atoms with Crippen molar-refractivity contribution >= 4 is 50.7 Å². The number of carbonyl (C=O) groups excluding carboxylic acids is 1. The van der Waals surface area contributed by atoms with Crippen LogP contribution in [0.2, 0.25) is 0 Å². The Bertz CT molecular complexity index is 1610. The largest absolute Gasteiger partial charge is 0.448 e. The maximum Gasteiger partial charge on any atom is 0.271 e. The second kappa shape index (κ2) is 10.1. The van der Waals surface area contributed by atoms with E-state index in [0.717, 1.165) is 4.47 Å². The summed E-state index contributed by atoms with van der Waals surface area (Å²) in [5.41, 5.74) is 4.11. The van der Waals surface area contributed by atoms with Crippen LogP contribution in [0.5, 0.6) is 0 Å². The van der Waals surface area contributed by atoms with Crippen LogP contribution in [0.1, 0.15) is 16.1 Å². The molecule has 0 radical (unpaired) electrons. The Hall–Kier alpha value is -3.95. The summed E-state index contributed by atoms with van der Waals surface area (Å²) in [5.74, 6) is 0.104. The summed E-state index contributed by atoms with van der Waals surface area (Å²) >= 11 is 4.57. The van der Waals surface area contributed by atoms with Gasteiger partial charge in [0, 0.05) is 10.0 Å². The Kier molecular flexibility index (Phi) is 6.60. The molecule has 0 saturated heterocycles. The second-order valence-electron chi connectivity index (χ2n) is 7.36. The lowest BCUT2D eigenvalue weighted by Gasteiger charge is -2.12. The normalized spacial score (nSPS) is 11.2. The zero-order valence-corrected chi connectivity index (χ0v) is 20.5. The number of hydrogen-bond acceptors (Lipinski definition) is 6. The van der Waals surface area contributed by atoms with Gasteiger partial charge in [0.25, 0.3) is 11.5 Å². The van der Waals surface area contributed by atoms with Crippen LogP contribution in [0, 0.1) is 0 Å². The van der Waals surface area contributed by atoms with Gasteiger partial charge in [-0.15, -0.1) is 0 Å². The van der Waals surface area contributed by atoms with E-state index in [2.05, 4.69) is 26.5 Å². The first-order valence-electron chi connectivity index (χ1n) is 10.5. The van der Waals surface area contributed by atoms with Crippen molar-refractivity contribution in [1.29, 1.82) is 0 Å². The van der Waals surface area contributed by atoms with Gasteiger partial charge in [-0.3, -0.25) is 14.2 Å². The van der Waals surface area contributed by atoms with Crippen LogP contribution in [0.4, 0.5) is 0 Å². The van der Waals surface area contributed by atoms with E-state index in [4.69, 9.17) is 9.40 Å². The summed E-state index contributed by atoms with van der Waals surface area (Å²) in [6, 6.07) is 27.1. The Balaban J connectivity index is 1.39. The van der Waals surface area contributed by atoms with Crippen LogP contribution < -0.4 is 11.0 Å². The minimum atomic E-state index is -0.337. The van der Waals surface area contributed by atoms with E-state index in [9.17, 15) is 9.59 Å². The standard InChI is InChI=1S/C26H17BrN4O3S/c27-18-8-6-7-17(15-18)24(32)30-28-16-20-13-14-23(34-20)35-26-29-22-12-5-4-11-21(22)25(33)31(26)19-9-2-1-3-10-19/h1-16H,(H,30,32)/b28-16-. The third-order valence-electron chi connectivity index (χ3n) is 5.00. The van der Waals surface area contributed by atoms with Crippen molar-refractivity contribution in [2.24, 2.45) is 5.10 Å². The van der Waals surface area contributed by atoms with E-state index in [1.54, 1.807) is 41.0 Å². The first-order valence-corrected chi connectivity index (χ1v) is 12.1. The number of nitrogens with zero attached hydrogens (tertiary/aromatic N) is 3. The Morgan fingerprint density at radius 1 is 1.00 bits per heavy atom.